The van der Waals surface area contributed by atoms with E-state index in [1.165, 1.54) is 0 Å². The van der Waals surface area contributed by atoms with Crippen molar-refractivity contribution < 1.29 is 4.74 Å². The lowest BCUT2D eigenvalue weighted by Crippen LogP contribution is -2.13. The van der Waals surface area contributed by atoms with E-state index >= 15 is 0 Å². The molecular weight excluding hydrogens is 234 g/mol. The van der Waals surface area contributed by atoms with Gasteiger partial charge in [-0.05, 0) is 30.7 Å². The minimum atomic E-state index is 0.301. The topological polar surface area (TPSA) is 47.0 Å². The number of thiophene rings is 1. The van der Waals surface area contributed by atoms with Crippen molar-refractivity contribution >= 4 is 17.2 Å². The average Bonchev–Trinajstić information content (AvgIpc) is 2.80. The largest absolute Gasteiger partial charge is 0.470 e. The third-order valence-corrected chi connectivity index (χ3v) is 2.78. The zero-order valence-corrected chi connectivity index (χ0v) is 10.7. The number of nitrogens with one attached hydrogen (secondary N) is 1. The number of hydrogen-bond donors (Lipinski definition) is 1. The fourth-order valence-electron chi connectivity index (χ4n) is 1.33. The highest BCUT2D eigenvalue weighted by molar-refractivity contribution is 7.07. The summed E-state index contributed by atoms with van der Waals surface area (Å²) >= 11 is 1.66. The summed E-state index contributed by atoms with van der Waals surface area (Å²) in [5.74, 6) is 1.24. The summed E-state index contributed by atoms with van der Waals surface area (Å²) in [4.78, 5) is 8.41. The summed E-state index contributed by atoms with van der Waals surface area (Å²) in [6.45, 7) is 4.63. The van der Waals surface area contributed by atoms with Crippen LogP contribution in [0.15, 0.2) is 29.2 Å². The van der Waals surface area contributed by atoms with E-state index in [1.807, 2.05) is 11.4 Å². The standard InChI is InChI=1S/C12H15N3OS/c1-9(2)15-11-12(14-5-4-13-11)16-7-10-3-6-17-8-10/h3-6,8-9H,7H2,1-2H3,(H,13,15). The highest BCUT2D eigenvalue weighted by Gasteiger charge is 2.07. The molecule has 0 aliphatic carbocycles. The lowest BCUT2D eigenvalue weighted by Gasteiger charge is -2.12. The van der Waals surface area contributed by atoms with E-state index in [0.29, 0.717) is 24.3 Å². The van der Waals surface area contributed by atoms with Crippen LogP contribution in [0.1, 0.15) is 19.4 Å². The van der Waals surface area contributed by atoms with Crippen molar-refractivity contribution in [2.75, 3.05) is 5.32 Å². The summed E-state index contributed by atoms with van der Waals surface area (Å²) in [7, 11) is 0. The number of anilines is 1. The predicted octanol–water partition coefficient (Wildman–Crippen LogP) is 2.94. The van der Waals surface area contributed by atoms with Gasteiger partial charge in [-0.25, -0.2) is 9.97 Å². The molecule has 0 aliphatic heterocycles. The van der Waals surface area contributed by atoms with E-state index < -0.39 is 0 Å². The van der Waals surface area contributed by atoms with E-state index in [-0.39, 0.29) is 0 Å². The molecular formula is C12H15N3OS. The van der Waals surface area contributed by atoms with Crippen molar-refractivity contribution in [3.05, 3.63) is 34.8 Å². The van der Waals surface area contributed by atoms with Gasteiger partial charge in [0.05, 0.1) is 0 Å². The monoisotopic (exact) mass is 249 g/mol. The third kappa shape index (κ3) is 3.42. The van der Waals surface area contributed by atoms with Crippen LogP contribution in [0.2, 0.25) is 0 Å². The maximum Gasteiger partial charge on any atom is 0.257 e. The molecule has 0 spiro atoms. The lowest BCUT2D eigenvalue weighted by atomic mass is 10.4. The molecule has 0 saturated carbocycles. The minimum Gasteiger partial charge on any atom is -0.470 e. The van der Waals surface area contributed by atoms with Crippen LogP contribution in [0.3, 0.4) is 0 Å². The minimum absolute atomic E-state index is 0.301. The van der Waals surface area contributed by atoms with Crippen molar-refractivity contribution in [3.63, 3.8) is 0 Å². The van der Waals surface area contributed by atoms with Gasteiger partial charge in [0.25, 0.3) is 5.88 Å². The average molecular weight is 249 g/mol. The quantitative estimate of drug-likeness (QED) is 0.885. The van der Waals surface area contributed by atoms with Crippen LogP contribution >= 0.6 is 11.3 Å². The van der Waals surface area contributed by atoms with Crippen LogP contribution in [0.25, 0.3) is 0 Å². The zero-order valence-electron chi connectivity index (χ0n) is 9.88. The van der Waals surface area contributed by atoms with Crippen molar-refractivity contribution in [1.29, 1.82) is 0 Å². The smallest absolute Gasteiger partial charge is 0.257 e. The first kappa shape index (κ1) is 11.9. The Morgan fingerprint density at radius 1 is 1.35 bits per heavy atom. The Labute approximate surface area is 105 Å². The molecule has 0 aromatic carbocycles. The second-order valence-electron chi connectivity index (χ2n) is 3.93. The van der Waals surface area contributed by atoms with Crippen molar-refractivity contribution in [1.82, 2.24) is 9.97 Å². The first-order valence-electron chi connectivity index (χ1n) is 5.47. The third-order valence-electron chi connectivity index (χ3n) is 2.05. The number of hydrogen-bond acceptors (Lipinski definition) is 5. The van der Waals surface area contributed by atoms with Gasteiger partial charge in [-0.3, -0.25) is 0 Å². The van der Waals surface area contributed by atoms with E-state index in [9.17, 15) is 0 Å². The Morgan fingerprint density at radius 2 is 2.18 bits per heavy atom. The molecule has 0 fully saturated rings. The van der Waals surface area contributed by atoms with Crippen LogP contribution in [-0.4, -0.2) is 16.0 Å². The highest BCUT2D eigenvalue weighted by Crippen LogP contribution is 2.20. The molecule has 0 amide bonds. The van der Waals surface area contributed by atoms with Gasteiger partial charge in [0.2, 0.25) is 0 Å². The van der Waals surface area contributed by atoms with Crippen molar-refractivity contribution in [2.24, 2.45) is 0 Å². The molecule has 4 nitrogen and oxygen atoms in total. The van der Waals surface area contributed by atoms with Gasteiger partial charge in [-0.15, -0.1) is 0 Å². The summed E-state index contributed by atoms with van der Waals surface area (Å²) in [6.07, 6.45) is 3.29. The number of nitrogens with zero attached hydrogens (tertiary/aromatic N) is 2. The van der Waals surface area contributed by atoms with Crippen LogP contribution < -0.4 is 10.1 Å². The lowest BCUT2D eigenvalue weighted by molar-refractivity contribution is 0.294. The Bertz CT molecular complexity index is 457. The molecule has 0 unspecified atom stereocenters. The Balaban J connectivity index is 2.04. The Hall–Kier alpha value is -1.62. The van der Waals surface area contributed by atoms with Gasteiger partial charge in [0.15, 0.2) is 5.82 Å². The number of rotatable bonds is 5. The molecule has 2 aromatic rings. The van der Waals surface area contributed by atoms with Gasteiger partial charge in [0, 0.05) is 24.0 Å². The summed E-state index contributed by atoms with van der Waals surface area (Å²) in [5.41, 5.74) is 1.15. The SMILES string of the molecule is CC(C)Nc1nccnc1OCc1ccsc1. The van der Waals surface area contributed by atoms with Crippen LogP contribution in [0, 0.1) is 0 Å². The van der Waals surface area contributed by atoms with Gasteiger partial charge in [-0.2, -0.15) is 11.3 Å². The Morgan fingerprint density at radius 3 is 2.88 bits per heavy atom. The first-order chi connectivity index (χ1) is 8.25. The van der Waals surface area contributed by atoms with Gasteiger partial charge >= 0.3 is 0 Å². The van der Waals surface area contributed by atoms with Gasteiger partial charge in [-0.1, -0.05) is 0 Å². The summed E-state index contributed by atoms with van der Waals surface area (Å²) < 4.78 is 5.65. The molecule has 2 rings (SSSR count). The van der Waals surface area contributed by atoms with Gasteiger partial charge in [0.1, 0.15) is 6.61 Å². The van der Waals surface area contributed by atoms with Crippen LogP contribution in [0.5, 0.6) is 5.88 Å². The Kier molecular flexibility index (Phi) is 3.93. The van der Waals surface area contributed by atoms with Crippen molar-refractivity contribution in [2.45, 2.75) is 26.5 Å². The normalized spacial score (nSPS) is 10.5. The number of ether oxygens (including phenoxy) is 1. The van der Waals surface area contributed by atoms with E-state index in [2.05, 4.69) is 34.5 Å². The van der Waals surface area contributed by atoms with Crippen LogP contribution in [0.4, 0.5) is 5.82 Å². The molecule has 0 atom stereocenters. The zero-order chi connectivity index (χ0) is 12.1. The second kappa shape index (κ2) is 5.63. The number of aromatic nitrogens is 2. The highest BCUT2D eigenvalue weighted by atomic mass is 32.1. The van der Waals surface area contributed by atoms with Crippen molar-refractivity contribution in [3.8, 4) is 5.88 Å². The van der Waals surface area contributed by atoms with Gasteiger partial charge < -0.3 is 10.1 Å². The molecule has 90 valence electrons. The maximum atomic E-state index is 5.65. The van der Waals surface area contributed by atoms with E-state index in [0.717, 1.165) is 5.56 Å². The summed E-state index contributed by atoms with van der Waals surface area (Å²) in [5, 5.41) is 7.30. The molecule has 1 N–H and O–H groups in total. The van der Waals surface area contributed by atoms with Crippen LogP contribution in [-0.2, 0) is 6.61 Å². The maximum absolute atomic E-state index is 5.65. The second-order valence-corrected chi connectivity index (χ2v) is 4.71. The molecule has 0 aliphatic rings. The van der Waals surface area contributed by atoms with E-state index in [1.54, 1.807) is 23.7 Å². The summed E-state index contributed by atoms with van der Waals surface area (Å²) in [6, 6.07) is 2.34. The van der Waals surface area contributed by atoms with E-state index in [4.69, 9.17) is 4.74 Å². The molecule has 0 bridgehead atoms. The molecule has 2 heterocycles. The first-order valence-corrected chi connectivity index (χ1v) is 6.41. The fraction of sp³-hybridized carbons (Fsp3) is 0.333. The molecule has 5 heteroatoms. The molecule has 17 heavy (non-hydrogen) atoms. The molecule has 0 saturated heterocycles. The molecule has 2 aromatic heterocycles. The predicted molar refractivity (Wildman–Crippen MR) is 69.4 cm³/mol. The fourth-order valence-corrected chi connectivity index (χ4v) is 1.98. The molecule has 0 radical (unpaired) electrons.